The molecule has 0 radical (unpaired) electrons. The van der Waals surface area contributed by atoms with Crippen LogP contribution in [0.4, 0.5) is 5.69 Å². The van der Waals surface area contributed by atoms with Gasteiger partial charge in [0.15, 0.2) is 0 Å². The Labute approximate surface area is 232 Å². The zero-order valence-corrected chi connectivity index (χ0v) is 24.0. The van der Waals surface area contributed by atoms with Gasteiger partial charge in [-0.3, -0.25) is 13.9 Å². The summed E-state index contributed by atoms with van der Waals surface area (Å²) in [6, 6.07) is 22.5. The van der Waals surface area contributed by atoms with Gasteiger partial charge in [-0.15, -0.1) is 0 Å². The van der Waals surface area contributed by atoms with Gasteiger partial charge in [0.2, 0.25) is 21.8 Å². The Morgan fingerprint density at radius 1 is 0.974 bits per heavy atom. The lowest BCUT2D eigenvalue weighted by Crippen LogP contribution is -2.53. The predicted octanol–water partition coefficient (Wildman–Crippen LogP) is 4.00. The van der Waals surface area contributed by atoms with Crippen molar-refractivity contribution in [3.8, 4) is 5.75 Å². The van der Waals surface area contributed by atoms with Crippen LogP contribution in [-0.4, -0.2) is 57.6 Å². The lowest BCUT2D eigenvalue weighted by atomic mass is 10.0. The first-order valence-corrected chi connectivity index (χ1v) is 14.7. The third-order valence-corrected chi connectivity index (χ3v) is 7.71. The highest BCUT2D eigenvalue weighted by Gasteiger charge is 2.33. The minimum Gasteiger partial charge on any atom is -0.497 e. The number of sulfonamides is 1. The van der Waals surface area contributed by atoms with Crippen molar-refractivity contribution in [2.75, 3.05) is 30.8 Å². The van der Waals surface area contributed by atoms with Gasteiger partial charge in [0.05, 0.1) is 19.1 Å². The maximum absolute atomic E-state index is 14.0. The van der Waals surface area contributed by atoms with Gasteiger partial charge in [0, 0.05) is 24.0 Å². The number of methoxy groups -OCH3 is 1. The molecule has 0 bridgehead atoms. The largest absolute Gasteiger partial charge is 0.497 e. The summed E-state index contributed by atoms with van der Waals surface area (Å²) < 4.78 is 32.6. The number of halogens is 1. The second-order valence-corrected chi connectivity index (χ2v) is 11.5. The average Bonchev–Trinajstić information content (AvgIpc) is 2.90. The molecule has 0 saturated heterocycles. The molecule has 0 aliphatic carbocycles. The smallest absolute Gasteiger partial charge is 0.244 e. The molecule has 1 N–H and O–H groups in total. The summed E-state index contributed by atoms with van der Waals surface area (Å²) in [5.41, 5.74) is 1.95. The van der Waals surface area contributed by atoms with Crippen LogP contribution in [0.25, 0.3) is 0 Å². The summed E-state index contributed by atoms with van der Waals surface area (Å²) in [6.45, 7) is 1.80. The number of hydrogen-bond acceptors (Lipinski definition) is 5. The number of hydrogen-bond donors (Lipinski definition) is 1. The van der Waals surface area contributed by atoms with E-state index in [2.05, 4.69) is 21.2 Å². The second-order valence-electron chi connectivity index (χ2n) is 8.69. The summed E-state index contributed by atoms with van der Waals surface area (Å²) in [5.74, 6) is -0.223. The van der Waals surface area contributed by atoms with Gasteiger partial charge in [-0.1, -0.05) is 54.6 Å². The first-order valence-electron chi connectivity index (χ1n) is 12.1. The van der Waals surface area contributed by atoms with Crippen LogP contribution in [0, 0.1) is 0 Å². The topological polar surface area (TPSA) is 96.0 Å². The minimum atomic E-state index is -3.83. The Hall–Kier alpha value is -3.37. The number of anilines is 1. The van der Waals surface area contributed by atoms with E-state index >= 15 is 0 Å². The number of ether oxygens (including phenoxy) is 1. The molecule has 3 aromatic carbocycles. The molecular weight excluding hydrogens is 570 g/mol. The van der Waals surface area contributed by atoms with Gasteiger partial charge in [-0.05, 0) is 58.2 Å². The van der Waals surface area contributed by atoms with Crippen LogP contribution in [0.2, 0.25) is 0 Å². The fraction of sp³-hybridized carbons (Fsp3) is 0.286. The van der Waals surface area contributed by atoms with Crippen molar-refractivity contribution in [2.45, 2.75) is 25.9 Å². The zero-order chi connectivity index (χ0) is 27.7. The summed E-state index contributed by atoms with van der Waals surface area (Å²) in [5, 5.41) is 2.84. The number of benzene rings is 3. The first-order chi connectivity index (χ1) is 18.1. The van der Waals surface area contributed by atoms with Crippen LogP contribution in [-0.2, 0) is 32.6 Å². The zero-order valence-electron chi connectivity index (χ0n) is 21.6. The first kappa shape index (κ1) is 29.2. The number of nitrogens with zero attached hydrogens (tertiary/aromatic N) is 2. The van der Waals surface area contributed by atoms with Gasteiger partial charge in [-0.2, -0.15) is 0 Å². The van der Waals surface area contributed by atoms with Crippen molar-refractivity contribution in [3.63, 3.8) is 0 Å². The molecule has 0 saturated carbocycles. The third kappa shape index (κ3) is 7.82. The van der Waals surface area contributed by atoms with Crippen LogP contribution in [0.1, 0.15) is 18.1 Å². The maximum Gasteiger partial charge on any atom is 0.244 e. The van der Waals surface area contributed by atoms with Crippen LogP contribution < -0.4 is 14.4 Å². The average molecular weight is 603 g/mol. The highest BCUT2D eigenvalue weighted by Crippen LogP contribution is 2.28. The van der Waals surface area contributed by atoms with Crippen molar-refractivity contribution in [3.05, 3.63) is 94.5 Å². The highest BCUT2D eigenvalue weighted by atomic mass is 79.9. The van der Waals surface area contributed by atoms with E-state index in [9.17, 15) is 18.0 Å². The Morgan fingerprint density at radius 3 is 2.26 bits per heavy atom. The highest BCUT2D eigenvalue weighted by molar-refractivity contribution is 9.10. The third-order valence-electron chi connectivity index (χ3n) is 5.91. The van der Waals surface area contributed by atoms with E-state index in [1.54, 1.807) is 49.6 Å². The van der Waals surface area contributed by atoms with Crippen LogP contribution >= 0.6 is 15.9 Å². The van der Waals surface area contributed by atoms with Crippen molar-refractivity contribution in [1.82, 2.24) is 10.2 Å². The van der Waals surface area contributed by atoms with Gasteiger partial charge in [0.25, 0.3) is 0 Å². The fourth-order valence-corrected chi connectivity index (χ4v) is 5.54. The molecule has 10 heteroatoms. The lowest BCUT2D eigenvalue weighted by molar-refractivity contribution is -0.140. The van der Waals surface area contributed by atoms with Crippen molar-refractivity contribution < 1.29 is 22.7 Å². The number of likely N-dealkylation sites (N-methyl/N-ethyl adjacent to an activating group) is 1. The van der Waals surface area contributed by atoms with Crippen LogP contribution in [0.3, 0.4) is 0 Å². The summed E-state index contributed by atoms with van der Waals surface area (Å²) in [6.07, 6.45) is 1.31. The molecule has 0 aliphatic rings. The lowest BCUT2D eigenvalue weighted by Gasteiger charge is -2.33. The summed E-state index contributed by atoms with van der Waals surface area (Å²) in [7, 11) is -2.28. The Kier molecular flexibility index (Phi) is 10.3. The number of amides is 2. The number of nitrogens with one attached hydrogen (secondary N) is 1. The number of carbonyl (C=O) groups is 2. The molecule has 0 aromatic heterocycles. The number of carbonyl (C=O) groups excluding carboxylic acids is 2. The fourth-order valence-electron chi connectivity index (χ4n) is 4.06. The molecule has 0 unspecified atom stereocenters. The summed E-state index contributed by atoms with van der Waals surface area (Å²) in [4.78, 5) is 28.8. The van der Waals surface area contributed by atoms with Gasteiger partial charge < -0.3 is 15.0 Å². The van der Waals surface area contributed by atoms with E-state index in [1.807, 2.05) is 43.3 Å². The predicted molar refractivity (Wildman–Crippen MR) is 152 cm³/mol. The monoisotopic (exact) mass is 601 g/mol. The minimum absolute atomic E-state index is 0.0816. The SMILES string of the molecule is CCNC(=O)[C@@H](Cc1ccccc1)N(Cc1cccc(OC)c1)C(=O)CN(c1ccccc1Br)S(C)(=O)=O. The van der Waals surface area contributed by atoms with Crippen molar-refractivity contribution >= 4 is 43.5 Å². The van der Waals surface area contributed by atoms with Gasteiger partial charge in [-0.25, -0.2) is 8.42 Å². The maximum atomic E-state index is 14.0. The van der Waals surface area contributed by atoms with Crippen LogP contribution in [0.5, 0.6) is 5.75 Å². The molecular formula is C28H32BrN3O5S. The van der Waals surface area contributed by atoms with E-state index < -0.39 is 28.5 Å². The van der Waals surface area contributed by atoms with E-state index in [-0.39, 0.29) is 18.9 Å². The second kappa shape index (κ2) is 13.4. The summed E-state index contributed by atoms with van der Waals surface area (Å²) >= 11 is 3.39. The Bertz CT molecular complexity index is 1350. The van der Waals surface area contributed by atoms with E-state index in [0.717, 1.165) is 21.7 Å². The molecule has 0 heterocycles. The molecule has 3 rings (SSSR count). The normalized spacial score (nSPS) is 11.9. The number of rotatable bonds is 12. The van der Waals surface area contributed by atoms with E-state index in [4.69, 9.17) is 4.74 Å². The molecule has 202 valence electrons. The Morgan fingerprint density at radius 2 is 1.63 bits per heavy atom. The molecule has 0 fully saturated rings. The molecule has 0 aliphatic heterocycles. The number of para-hydroxylation sites is 1. The van der Waals surface area contributed by atoms with E-state index in [0.29, 0.717) is 22.5 Å². The van der Waals surface area contributed by atoms with Crippen molar-refractivity contribution in [1.29, 1.82) is 0 Å². The molecule has 2 amide bonds. The van der Waals surface area contributed by atoms with Gasteiger partial charge in [0.1, 0.15) is 18.3 Å². The molecule has 38 heavy (non-hydrogen) atoms. The quantitative estimate of drug-likeness (QED) is 0.338. The van der Waals surface area contributed by atoms with Gasteiger partial charge >= 0.3 is 0 Å². The molecule has 3 aromatic rings. The molecule has 0 spiro atoms. The Balaban J connectivity index is 2.06. The van der Waals surface area contributed by atoms with Crippen molar-refractivity contribution in [2.24, 2.45) is 0 Å². The standard InChI is InChI=1S/C28H32BrN3O5S/c1-4-30-28(34)26(18-21-11-6-5-7-12-21)31(19-22-13-10-14-23(17-22)37-2)27(33)20-32(38(3,35)36)25-16-9-8-15-24(25)29/h5-17,26H,4,18-20H2,1-3H3,(H,30,34)/t26-/m1/s1. The molecule has 1 atom stereocenters. The van der Waals surface area contributed by atoms with Crippen LogP contribution in [0.15, 0.2) is 83.3 Å². The van der Waals surface area contributed by atoms with E-state index in [1.165, 1.54) is 4.90 Å². The molecule has 8 nitrogen and oxygen atoms in total.